The van der Waals surface area contributed by atoms with Crippen molar-refractivity contribution in [3.63, 3.8) is 0 Å². The first-order chi connectivity index (χ1) is 16.5. The van der Waals surface area contributed by atoms with Crippen LogP contribution in [0.4, 0.5) is 0 Å². The van der Waals surface area contributed by atoms with Crippen LogP contribution >= 0.6 is 0 Å². The fraction of sp³-hybridized carbons (Fsp3) is 0.167. The number of aliphatic hydroxyl groups is 1. The number of aryl methyl sites for hydroxylation is 2. The molecular weight excluding hydrogens is 424 g/mol. The zero-order valence-corrected chi connectivity index (χ0v) is 19.4. The van der Waals surface area contributed by atoms with E-state index in [0.717, 1.165) is 22.3 Å². The Bertz CT molecular complexity index is 1210. The van der Waals surface area contributed by atoms with E-state index in [1.165, 1.54) is 11.1 Å². The molecule has 1 N–H and O–H groups in total. The monoisotopic (exact) mass is 452 g/mol. The minimum absolute atomic E-state index is 0.0440. The molecule has 4 rings (SSSR count). The maximum absolute atomic E-state index is 12.2. The summed E-state index contributed by atoms with van der Waals surface area (Å²) in [5, 5.41) is 10.2. The van der Waals surface area contributed by atoms with E-state index in [-0.39, 0.29) is 12.8 Å². The Morgan fingerprint density at radius 2 is 1.03 bits per heavy atom. The Morgan fingerprint density at radius 3 is 1.47 bits per heavy atom. The third-order valence-corrected chi connectivity index (χ3v) is 5.58. The summed E-state index contributed by atoms with van der Waals surface area (Å²) in [5.41, 5.74) is 6.77. The molecule has 0 heterocycles. The zero-order chi connectivity index (χ0) is 23.9. The van der Waals surface area contributed by atoms with Crippen LogP contribution in [0.1, 0.15) is 24.0 Å². The van der Waals surface area contributed by atoms with Crippen LogP contribution in [0.2, 0.25) is 0 Å². The number of hydrogen-bond acceptors (Lipinski definition) is 4. The summed E-state index contributed by atoms with van der Waals surface area (Å²) in [6.07, 6.45) is -0.913. The van der Waals surface area contributed by atoms with Crippen molar-refractivity contribution >= 4 is 5.97 Å². The lowest BCUT2D eigenvalue weighted by molar-refractivity contribution is -0.136. The maximum Gasteiger partial charge on any atom is 0.311 e. The first-order valence-electron chi connectivity index (χ1n) is 11.4. The van der Waals surface area contributed by atoms with Crippen molar-refractivity contribution in [1.82, 2.24) is 0 Å². The second-order valence-electron chi connectivity index (χ2n) is 8.37. The number of esters is 1. The number of carbonyl (C=O) groups excluding carboxylic acids is 1. The summed E-state index contributed by atoms with van der Waals surface area (Å²) in [5.74, 6) is 0.604. The summed E-state index contributed by atoms with van der Waals surface area (Å²) in [6.45, 7) is 4.11. The van der Waals surface area contributed by atoms with Gasteiger partial charge in [-0.1, -0.05) is 83.9 Å². The molecule has 0 aliphatic heterocycles. The average Bonchev–Trinajstić information content (AvgIpc) is 2.85. The first-order valence-corrected chi connectivity index (χ1v) is 11.4. The molecule has 1 unspecified atom stereocenters. The normalized spacial score (nSPS) is 11.6. The van der Waals surface area contributed by atoms with Crippen LogP contribution in [-0.2, 0) is 4.79 Å². The number of benzene rings is 4. The van der Waals surface area contributed by atoms with Gasteiger partial charge in [-0.25, -0.2) is 0 Å². The lowest BCUT2D eigenvalue weighted by Gasteiger charge is -2.14. The van der Waals surface area contributed by atoms with Gasteiger partial charge >= 0.3 is 5.97 Å². The minimum Gasteiger partial charge on any atom is -0.465 e. The fourth-order valence-electron chi connectivity index (χ4n) is 3.57. The topological polar surface area (TPSA) is 55.8 Å². The van der Waals surface area contributed by atoms with Crippen molar-refractivity contribution in [3.8, 4) is 33.8 Å². The number of aliphatic hydroxyl groups excluding tert-OH is 1. The third-order valence-electron chi connectivity index (χ3n) is 5.58. The molecule has 4 nitrogen and oxygen atoms in total. The highest BCUT2D eigenvalue weighted by Crippen LogP contribution is 2.25. The Kier molecular flexibility index (Phi) is 7.41. The summed E-state index contributed by atoms with van der Waals surface area (Å²) in [7, 11) is 0. The standard InChI is InChI=1S/C30H28O4/c1-21-3-7-23(8-4-21)25-11-15-27(16-12-25)33-29(31)19-20-30(32)34-28-17-13-26(14-18-28)24-9-5-22(2)6-10-24/h3-18,29,31H,19-20H2,1-2H3. The molecule has 4 aromatic rings. The number of carbonyl (C=O) groups is 1. The van der Waals surface area contributed by atoms with Gasteiger partial charge in [0.05, 0.1) is 6.42 Å². The van der Waals surface area contributed by atoms with Crippen LogP contribution in [0.3, 0.4) is 0 Å². The van der Waals surface area contributed by atoms with Crippen molar-refractivity contribution in [2.24, 2.45) is 0 Å². The Balaban J connectivity index is 1.24. The molecule has 1 atom stereocenters. The molecule has 4 heteroatoms. The van der Waals surface area contributed by atoms with Gasteiger partial charge in [0, 0.05) is 6.42 Å². The largest absolute Gasteiger partial charge is 0.465 e. The molecular formula is C30H28O4. The van der Waals surface area contributed by atoms with Crippen LogP contribution < -0.4 is 9.47 Å². The van der Waals surface area contributed by atoms with Crippen LogP contribution in [0, 0.1) is 13.8 Å². The van der Waals surface area contributed by atoms with Crippen molar-refractivity contribution in [3.05, 3.63) is 108 Å². The highest BCUT2D eigenvalue weighted by molar-refractivity contribution is 5.73. The van der Waals surface area contributed by atoms with E-state index < -0.39 is 12.3 Å². The number of ether oxygens (including phenoxy) is 2. The lowest BCUT2D eigenvalue weighted by Crippen LogP contribution is -2.18. The zero-order valence-electron chi connectivity index (χ0n) is 19.4. The highest BCUT2D eigenvalue weighted by Gasteiger charge is 2.12. The van der Waals surface area contributed by atoms with E-state index in [1.807, 2.05) is 36.4 Å². The van der Waals surface area contributed by atoms with Crippen LogP contribution in [0.15, 0.2) is 97.1 Å². The molecule has 0 aromatic heterocycles. The van der Waals surface area contributed by atoms with Crippen molar-refractivity contribution in [2.75, 3.05) is 0 Å². The third kappa shape index (κ3) is 6.33. The van der Waals surface area contributed by atoms with E-state index >= 15 is 0 Å². The molecule has 0 spiro atoms. The molecule has 172 valence electrons. The van der Waals surface area contributed by atoms with Gasteiger partial charge in [0.25, 0.3) is 0 Å². The molecule has 4 aromatic carbocycles. The van der Waals surface area contributed by atoms with E-state index in [9.17, 15) is 9.90 Å². The number of hydrogen-bond donors (Lipinski definition) is 1. The molecule has 0 saturated heterocycles. The fourth-order valence-corrected chi connectivity index (χ4v) is 3.57. The lowest BCUT2D eigenvalue weighted by atomic mass is 10.0. The van der Waals surface area contributed by atoms with Gasteiger partial charge in [0.2, 0.25) is 0 Å². The SMILES string of the molecule is Cc1ccc(-c2ccc(OC(=O)CCC(O)Oc3ccc(-c4ccc(C)cc4)cc3)cc2)cc1. The second-order valence-corrected chi connectivity index (χ2v) is 8.37. The molecule has 34 heavy (non-hydrogen) atoms. The Hall–Kier alpha value is -3.89. The van der Waals surface area contributed by atoms with E-state index in [2.05, 4.69) is 62.4 Å². The predicted octanol–water partition coefficient (Wildman–Crippen LogP) is 6.72. The van der Waals surface area contributed by atoms with Gasteiger partial charge in [-0.3, -0.25) is 4.79 Å². The van der Waals surface area contributed by atoms with Crippen LogP contribution in [0.5, 0.6) is 11.5 Å². The summed E-state index contributed by atoms with van der Waals surface area (Å²) in [4.78, 5) is 12.2. The Labute approximate surface area is 200 Å². The van der Waals surface area contributed by atoms with Crippen molar-refractivity contribution < 1.29 is 19.4 Å². The molecule has 0 radical (unpaired) electrons. The van der Waals surface area contributed by atoms with Gasteiger partial charge in [0.15, 0.2) is 6.29 Å². The second kappa shape index (κ2) is 10.8. The van der Waals surface area contributed by atoms with Gasteiger partial charge in [-0.05, 0) is 60.4 Å². The Morgan fingerprint density at radius 1 is 0.647 bits per heavy atom. The smallest absolute Gasteiger partial charge is 0.311 e. The molecule has 0 aliphatic rings. The van der Waals surface area contributed by atoms with Gasteiger partial charge in [0.1, 0.15) is 11.5 Å². The first kappa shape index (κ1) is 23.3. The van der Waals surface area contributed by atoms with Crippen molar-refractivity contribution in [1.29, 1.82) is 0 Å². The summed E-state index contributed by atoms with van der Waals surface area (Å²) >= 11 is 0. The van der Waals surface area contributed by atoms with E-state index in [4.69, 9.17) is 9.47 Å². The molecule has 0 aliphatic carbocycles. The maximum atomic E-state index is 12.2. The molecule has 0 bridgehead atoms. The summed E-state index contributed by atoms with van der Waals surface area (Å²) in [6, 6.07) is 31.4. The van der Waals surface area contributed by atoms with Gasteiger partial charge in [-0.15, -0.1) is 0 Å². The minimum atomic E-state index is -1.10. The van der Waals surface area contributed by atoms with Gasteiger partial charge in [-0.2, -0.15) is 0 Å². The van der Waals surface area contributed by atoms with E-state index in [0.29, 0.717) is 11.5 Å². The molecule has 0 saturated carbocycles. The van der Waals surface area contributed by atoms with Gasteiger partial charge < -0.3 is 14.6 Å². The summed E-state index contributed by atoms with van der Waals surface area (Å²) < 4.78 is 10.9. The number of rotatable bonds is 8. The van der Waals surface area contributed by atoms with E-state index in [1.54, 1.807) is 12.1 Å². The quantitative estimate of drug-likeness (QED) is 0.183. The van der Waals surface area contributed by atoms with Crippen molar-refractivity contribution in [2.45, 2.75) is 33.0 Å². The molecule has 0 amide bonds. The van der Waals surface area contributed by atoms with Crippen LogP contribution in [0.25, 0.3) is 22.3 Å². The molecule has 0 fully saturated rings. The highest BCUT2D eigenvalue weighted by atomic mass is 16.6. The predicted molar refractivity (Wildman–Crippen MR) is 135 cm³/mol. The average molecular weight is 453 g/mol. The van der Waals surface area contributed by atoms with Crippen LogP contribution in [-0.4, -0.2) is 17.4 Å².